The molecule has 1 N–H and O–H groups in total. The monoisotopic (exact) mass is 369 g/mol. The summed E-state index contributed by atoms with van der Waals surface area (Å²) in [6.45, 7) is 2.78. The SMILES string of the molecule is CCc1nccn1CCC(=O)NC12CC3CC(C1)CC(n1ncnn1)(C3)C2. The normalized spacial score (nSPS) is 34.1. The van der Waals surface area contributed by atoms with Crippen molar-refractivity contribution in [2.75, 3.05) is 0 Å². The van der Waals surface area contributed by atoms with Gasteiger partial charge in [-0.2, -0.15) is 4.80 Å². The third kappa shape index (κ3) is 2.85. The number of nitrogens with one attached hydrogen (secondary N) is 1. The van der Waals surface area contributed by atoms with Crippen LogP contribution in [-0.4, -0.2) is 41.2 Å². The molecule has 2 atom stereocenters. The molecule has 0 radical (unpaired) electrons. The Balaban J connectivity index is 1.30. The Kier molecular flexibility index (Phi) is 3.84. The number of carbonyl (C=O) groups excluding carboxylic acids is 1. The molecule has 2 unspecified atom stereocenters. The van der Waals surface area contributed by atoms with Gasteiger partial charge in [0.1, 0.15) is 5.82 Å². The summed E-state index contributed by atoms with van der Waals surface area (Å²) in [5.41, 5.74) is -0.162. The lowest BCUT2D eigenvalue weighted by molar-refractivity contribution is -0.131. The van der Waals surface area contributed by atoms with Crippen LogP contribution >= 0.6 is 0 Å². The van der Waals surface area contributed by atoms with E-state index in [4.69, 9.17) is 0 Å². The smallest absolute Gasteiger partial charge is 0.222 e. The van der Waals surface area contributed by atoms with Gasteiger partial charge in [-0.25, -0.2) is 4.98 Å². The molecular formula is C19H27N7O. The van der Waals surface area contributed by atoms with Crippen molar-refractivity contribution in [3.63, 3.8) is 0 Å². The van der Waals surface area contributed by atoms with Crippen molar-refractivity contribution in [2.24, 2.45) is 11.8 Å². The van der Waals surface area contributed by atoms with E-state index in [0.29, 0.717) is 24.8 Å². The Morgan fingerprint density at radius 1 is 1.30 bits per heavy atom. The number of aryl methyl sites for hydroxylation is 2. The zero-order valence-corrected chi connectivity index (χ0v) is 15.8. The van der Waals surface area contributed by atoms with Crippen LogP contribution in [-0.2, 0) is 23.3 Å². The molecule has 0 aliphatic heterocycles. The lowest BCUT2D eigenvalue weighted by Gasteiger charge is -2.61. The molecule has 8 nitrogen and oxygen atoms in total. The summed E-state index contributed by atoms with van der Waals surface area (Å²) in [7, 11) is 0. The van der Waals surface area contributed by atoms with Gasteiger partial charge in [0, 0.05) is 37.3 Å². The molecule has 2 aromatic rings. The topological polar surface area (TPSA) is 90.5 Å². The van der Waals surface area contributed by atoms with Crippen molar-refractivity contribution in [3.8, 4) is 0 Å². The Hall–Kier alpha value is -2.25. The van der Waals surface area contributed by atoms with Gasteiger partial charge in [0.25, 0.3) is 0 Å². The van der Waals surface area contributed by atoms with Crippen molar-refractivity contribution in [2.45, 2.75) is 75.9 Å². The lowest BCUT2D eigenvalue weighted by Crippen LogP contribution is -2.66. The van der Waals surface area contributed by atoms with E-state index in [2.05, 4.69) is 37.2 Å². The van der Waals surface area contributed by atoms with Crippen LogP contribution in [0.5, 0.6) is 0 Å². The average molecular weight is 369 g/mol. The van der Waals surface area contributed by atoms with Gasteiger partial charge in [0.2, 0.25) is 5.91 Å². The molecule has 6 rings (SSSR count). The first-order valence-electron chi connectivity index (χ1n) is 10.1. The largest absolute Gasteiger partial charge is 0.350 e. The molecule has 4 aliphatic rings. The Bertz CT molecular complexity index is 813. The maximum absolute atomic E-state index is 12.8. The van der Waals surface area contributed by atoms with Crippen molar-refractivity contribution < 1.29 is 4.79 Å². The number of aromatic nitrogens is 6. The van der Waals surface area contributed by atoms with Crippen molar-refractivity contribution in [3.05, 3.63) is 24.5 Å². The molecule has 8 heteroatoms. The summed E-state index contributed by atoms with van der Waals surface area (Å²) in [5.74, 6) is 2.49. The number of amides is 1. The van der Waals surface area contributed by atoms with Crippen LogP contribution < -0.4 is 5.32 Å². The average Bonchev–Trinajstić information content (AvgIpc) is 3.30. The predicted molar refractivity (Wildman–Crippen MR) is 97.6 cm³/mol. The fraction of sp³-hybridized carbons (Fsp3) is 0.737. The van der Waals surface area contributed by atoms with Gasteiger partial charge in [-0.05, 0) is 55.6 Å². The minimum Gasteiger partial charge on any atom is -0.350 e. The molecule has 0 saturated heterocycles. The van der Waals surface area contributed by atoms with Gasteiger partial charge in [0.15, 0.2) is 6.33 Å². The van der Waals surface area contributed by atoms with E-state index in [0.717, 1.165) is 44.3 Å². The standard InChI is InChI=1S/C19H27N7O/c1-2-16-20-4-6-25(16)5-3-17(27)23-18-8-14-7-15(9-18)11-19(10-14,12-18)26-22-13-21-24-26/h4,6,13-15H,2-3,5,7-12H2,1H3,(H,23,27). The van der Waals surface area contributed by atoms with E-state index in [9.17, 15) is 4.79 Å². The van der Waals surface area contributed by atoms with Gasteiger partial charge < -0.3 is 9.88 Å². The number of imidazole rings is 1. The summed E-state index contributed by atoms with van der Waals surface area (Å²) < 4.78 is 2.08. The number of hydrogen-bond donors (Lipinski definition) is 1. The van der Waals surface area contributed by atoms with Crippen LogP contribution in [0.1, 0.15) is 57.7 Å². The first kappa shape index (κ1) is 16.9. The number of rotatable bonds is 6. The maximum atomic E-state index is 12.8. The highest BCUT2D eigenvalue weighted by Gasteiger charge is 2.60. The minimum absolute atomic E-state index is 0.0619. The number of nitrogens with zero attached hydrogens (tertiary/aromatic N) is 6. The zero-order valence-electron chi connectivity index (χ0n) is 15.8. The second-order valence-electron chi connectivity index (χ2n) is 8.88. The maximum Gasteiger partial charge on any atom is 0.222 e. The quantitative estimate of drug-likeness (QED) is 0.837. The van der Waals surface area contributed by atoms with Gasteiger partial charge in [-0.3, -0.25) is 4.79 Å². The molecule has 2 aromatic heterocycles. The van der Waals surface area contributed by atoms with Crippen LogP contribution in [0, 0.1) is 11.8 Å². The summed E-state index contributed by atoms with van der Waals surface area (Å²) in [4.78, 5) is 19.0. The molecule has 1 amide bonds. The molecule has 4 saturated carbocycles. The van der Waals surface area contributed by atoms with Gasteiger partial charge in [-0.15, -0.1) is 10.2 Å². The molecule has 0 aromatic carbocycles. The Morgan fingerprint density at radius 2 is 2.11 bits per heavy atom. The molecule has 144 valence electrons. The van der Waals surface area contributed by atoms with Crippen LogP contribution in [0.15, 0.2) is 18.7 Å². The third-order valence-electron chi connectivity index (χ3n) is 6.91. The number of tetrazole rings is 1. The van der Waals surface area contributed by atoms with Gasteiger partial charge in [0.05, 0.1) is 5.54 Å². The molecule has 0 spiro atoms. The third-order valence-corrected chi connectivity index (χ3v) is 6.91. The van der Waals surface area contributed by atoms with E-state index in [1.54, 1.807) is 0 Å². The van der Waals surface area contributed by atoms with E-state index in [1.807, 2.05) is 17.2 Å². The molecule has 4 aliphatic carbocycles. The van der Waals surface area contributed by atoms with Crippen LogP contribution in [0.4, 0.5) is 0 Å². The van der Waals surface area contributed by atoms with Gasteiger partial charge >= 0.3 is 0 Å². The second-order valence-corrected chi connectivity index (χ2v) is 8.88. The fourth-order valence-corrected chi connectivity index (χ4v) is 6.42. The molecular weight excluding hydrogens is 342 g/mol. The van der Waals surface area contributed by atoms with E-state index in [1.165, 1.54) is 12.7 Å². The Morgan fingerprint density at radius 3 is 2.81 bits per heavy atom. The van der Waals surface area contributed by atoms with Crippen molar-refractivity contribution >= 4 is 5.91 Å². The lowest BCUT2D eigenvalue weighted by atomic mass is 9.50. The highest BCUT2D eigenvalue weighted by Crippen LogP contribution is 2.60. The number of carbonyl (C=O) groups is 1. The van der Waals surface area contributed by atoms with E-state index < -0.39 is 0 Å². The molecule has 4 bridgehead atoms. The van der Waals surface area contributed by atoms with Crippen LogP contribution in [0.25, 0.3) is 0 Å². The Labute approximate surface area is 158 Å². The van der Waals surface area contributed by atoms with Crippen molar-refractivity contribution in [1.82, 2.24) is 35.1 Å². The van der Waals surface area contributed by atoms with Crippen LogP contribution in [0.3, 0.4) is 0 Å². The molecule has 27 heavy (non-hydrogen) atoms. The highest BCUT2D eigenvalue weighted by molar-refractivity contribution is 5.76. The van der Waals surface area contributed by atoms with E-state index in [-0.39, 0.29) is 17.0 Å². The first-order valence-corrected chi connectivity index (χ1v) is 10.1. The minimum atomic E-state index is -0.0999. The fourth-order valence-electron chi connectivity index (χ4n) is 6.42. The summed E-state index contributed by atoms with van der Waals surface area (Å²) in [5, 5.41) is 16.0. The van der Waals surface area contributed by atoms with E-state index >= 15 is 0 Å². The summed E-state index contributed by atoms with van der Waals surface area (Å²) in [6.07, 6.45) is 13.3. The predicted octanol–water partition coefficient (Wildman–Crippen LogP) is 1.69. The summed E-state index contributed by atoms with van der Waals surface area (Å²) >= 11 is 0. The zero-order chi connectivity index (χ0) is 18.5. The number of hydrogen-bond acceptors (Lipinski definition) is 5. The first-order chi connectivity index (χ1) is 13.1. The molecule has 2 heterocycles. The van der Waals surface area contributed by atoms with Gasteiger partial charge in [-0.1, -0.05) is 6.92 Å². The van der Waals surface area contributed by atoms with Crippen LogP contribution in [0.2, 0.25) is 0 Å². The summed E-state index contributed by atoms with van der Waals surface area (Å²) in [6, 6.07) is 0. The van der Waals surface area contributed by atoms with Crippen molar-refractivity contribution in [1.29, 1.82) is 0 Å². The highest BCUT2D eigenvalue weighted by atomic mass is 16.1. The molecule has 4 fully saturated rings. The second kappa shape index (κ2) is 6.14.